The lowest BCUT2D eigenvalue weighted by atomic mass is 9.57. The minimum absolute atomic E-state index is 0.264. The summed E-state index contributed by atoms with van der Waals surface area (Å²) in [6.07, 6.45) is 2.42. The van der Waals surface area contributed by atoms with Gasteiger partial charge < -0.3 is 5.32 Å². The molecule has 20 heavy (non-hydrogen) atoms. The maximum atomic E-state index is 6.01. The number of hydrogen-bond acceptors (Lipinski definition) is 1. The van der Waals surface area contributed by atoms with Crippen LogP contribution in [0.3, 0.4) is 0 Å². The first-order valence-electron chi connectivity index (χ1n) is 7.19. The quantitative estimate of drug-likeness (QED) is 0.879. The number of benzene rings is 2. The van der Waals surface area contributed by atoms with E-state index < -0.39 is 0 Å². The third-order valence-corrected chi connectivity index (χ3v) is 4.77. The average molecular weight is 286 g/mol. The van der Waals surface area contributed by atoms with E-state index in [9.17, 15) is 0 Å². The predicted octanol–water partition coefficient (Wildman–Crippen LogP) is 4.37. The Morgan fingerprint density at radius 1 is 1.05 bits per heavy atom. The van der Waals surface area contributed by atoms with Crippen molar-refractivity contribution in [2.45, 2.75) is 24.2 Å². The van der Waals surface area contributed by atoms with Crippen molar-refractivity contribution in [3.8, 4) is 0 Å². The first-order chi connectivity index (χ1) is 9.73. The van der Waals surface area contributed by atoms with E-state index in [0.29, 0.717) is 5.92 Å². The zero-order chi connectivity index (χ0) is 14.0. The van der Waals surface area contributed by atoms with Gasteiger partial charge in [0.2, 0.25) is 0 Å². The monoisotopic (exact) mass is 285 g/mol. The summed E-state index contributed by atoms with van der Waals surface area (Å²) in [4.78, 5) is 0. The number of rotatable bonds is 4. The third kappa shape index (κ3) is 2.48. The molecule has 0 spiro atoms. The second-order valence-corrected chi connectivity index (χ2v) is 6.27. The van der Waals surface area contributed by atoms with Gasteiger partial charge in [0.1, 0.15) is 0 Å². The second-order valence-electron chi connectivity index (χ2n) is 5.83. The molecule has 0 saturated heterocycles. The Morgan fingerprint density at radius 3 is 2.30 bits per heavy atom. The summed E-state index contributed by atoms with van der Waals surface area (Å²) in [6.45, 7) is 1.03. The maximum absolute atomic E-state index is 6.01. The maximum Gasteiger partial charge on any atom is 0.0406 e. The molecule has 1 aliphatic carbocycles. The zero-order valence-electron chi connectivity index (χ0n) is 11.8. The Bertz CT molecular complexity index is 556. The van der Waals surface area contributed by atoms with Crippen LogP contribution in [0.4, 0.5) is 0 Å². The lowest BCUT2D eigenvalue weighted by Gasteiger charge is -2.49. The lowest BCUT2D eigenvalue weighted by Crippen LogP contribution is -2.46. The van der Waals surface area contributed by atoms with E-state index in [4.69, 9.17) is 11.6 Å². The molecule has 0 unspecified atom stereocenters. The van der Waals surface area contributed by atoms with Gasteiger partial charge in [-0.3, -0.25) is 0 Å². The number of likely N-dealkylation sites (N-methyl/N-ethyl adjacent to an activating group) is 1. The van der Waals surface area contributed by atoms with E-state index in [1.165, 1.54) is 24.0 Å². The van der Waals surface area contributed by atoms with Gasteiger partial charge in [0.15, 0.2) is 0 Å². The molecule has 0 bridgehead atoms. The topological polar surface area (TPSA) is 12.0 Å². The fourth-order valence-electron chi connectivity index (χ4n) is 3.47. The van der Waals surface area contributed by atoms with Gasteiger partial charge in [-0.05, 0) is 49.1 Å². The Kier molecular flexibility index (Phi) is 3.82. The molecule has 0 atom stereocenters. The van der Waals surface area contributed by atoms with Crippen LogP contribution in [-0.4, -0.2) is 13.6 Å². The summed E-state index contributed by atoms with van der Waals surface area (Å²) in [5, 5.41) is 4.17. The minimum Gasteiger partial charge on any atom is -0.319 e. The highest BCUT2D eigenvalue weighted by Crippen LogP contribution is 2.52. The summed E-state index contributed by atoms with van der Waals surface area (Å²) in [5.41, 5.74) is 3.14. The first-order valence-corrected chi connectivity index (χ1v) is 7.57. The van der Waals surface area contributed by atoms with Crippen molar-refractivity contribution >= 4 is 11.6 Å². The number of hydrogen-bond donors (Lipinski definition) is 1. The van der Waals surface area contributed by atoms with Gasteiger partial charge in [-0.15, -0.1) is 0 Å². The van der Waals surface area contributed by atoms with Crippen LogP contribution < -0.4 is 5.32 Å². The van der Waals surface area contributed by atoms with Crippen LogP contribution in [0.2, 0.25) is 5.02 Å². The van der Waals surface area contributed by atoms with Crippen LogP contribution in [0.5, 0.6) is 0 Å². The molecule has 2 aromatic carbocycles. The van der Waals surface area contributed by atoms with E-state index in [1.54, 1.807) is 0 Å². The van der Waals surface area contributed by atoms with Crippen LogP contribution in [0.25, 0.3) is 0 Å². The van der Waals surface area contributed by atoms with E-state index in [0.717, 1.165) is 11.6 Å². The van der Waals surface area contributed by atoms with Gasteiger partial charge in [0, 0.05) is 17.0 Å². The molecule has 1 nitrogen and oxygen atoms in total. The third-order valence-electron chi connectivity index (χ3n) is 4.52. The smallest absolute Gasteiger partial charge is 0.0406 e. The Labute approximate surface area is 126 Å². The molecule has 1 N–H and O–H groups in total. The highest BCUT2D eigenvalue weighted by molar-refractivity contribution is 6.30. The van der Waals surface area contributed by atoms with Crippen molar-refractivity contribution in [3.63, 3.8) is 0 Å². The molecule has 1 fully saturated rings. The SMILES string of the molecule is CNCC1(c2ccc(Cl)cc2)CC(c2ccccc2)C1. The van der Waals surface area contributed by atoms with Crippen molar-refractivity contribution in [3.05, 3.63) is 70.7 Å². The van der Waals surface area contributed by atoms with Gasteiger partial charge in [0.25, 0.3) is 0 Å². The van der Waals surface area contributed by atoms with Crippen molar-refractivity contribution in [2.24, 2.45) is 0 Å². The van der Waals surface area contributed by atoms with E-state index >= 15 is 0 Å². The summed E-state index contributed by atoms with van der Waals surface area (Å²) in [5.74, 6) is 0.681. The van der Waals surface area contributed by atoms with Gasteiger partial charge in [-0.2, -0.15) is 0 Å². The van der Waals surface area contributed by atoms with Crippen molar-refractivity contribution < 1.29 is 0 Å². The molecule has 0 aliphatic heterocycles. The van der Waals surface area contributed by atoms with Gasteiger partial charge >= 0.3 is 0 Å². The molecule has 0 heterocycles. The zero-order valence-corrected chi connectivity index (χ0v) is 12.5. The van der Waals surface area contributed by atoms with Crippen molar-refractivity contribution in [1.82, 2.24) is 5.32 Å². The van der Waals surface area contributed by atoms with E-state index in [-0.39, 0.29) is 5.41 Å². The lowest BCUT2D eigenvalue weighted by molar-refractivity contribution is 0.198. The molecule has 0 radical (unpaired) electrons. The molecule has 104 valence electrons. The van der Waals surface area contributed by atoms with Gasteiger partial charge in [0.05, 0.1) is 0 Å². The Balaban J connectivity index is 1.81. The molecule has 0 amide bonds. The fraction of sp³-hybridized carbons (Fsp3) is 0.333. The van der Waals surface area contributed by atoms with E-state index in [2.05, 4.69) is 47.8 Å². The largest absolute Gasteiger partial charge is 0.319 e. The van der Waals surface area contributed by atoms with Crippen molar-refractivity contribution in [2.75, 3.05) is 13.6 Å². The molecular formula is C18H20ClN. The molecule has 2 aromatic rings. The summed E-state index contributed by atoms with van der Waals surface area (Å²) in [7, 11) is 2.04. The number of nitrogens with one attached hydrogen (secondary N) is 1. The fourth-order valence-corrected chi connectivity index (χ4v) is 3.59. The molecule has 1 aliphatic rings. The second kappa shape index (κ2) is 5.59. The van der Waals surface area contributed by atoms with Crippen LogP contribution in [0.15, 0.2) is 54.6 Å². The molecule has 0 aromatic heterocycles. The van der Waals surface area contributed by atoms with Crippen LogP contribution in [0.1, 0.15) is 29.9 Å². The predicted molar refractivity (Wildman–Crippen MR) is 85.5 cm³/mol. The number of halogens is 1. The summed E-state index contributed by atoms with van der Waals surface area (Å²) >= 11 is 6.01. The van der Waals surface area contributed by atoms with Crippen LogP contribution in [0, 0.1) is 0 Å². The Morgan fingerprint density at radius 2 is 1.70 bits per heavy atom. The molecule has 1 saturated carbocycles. The first kappa shape index (κ1) is 13.7. The highest BCUT2D eigenvalue weighted by atomic mass is 35.5. The molecule has 3 rings (SSSR count). The normalized spacial score (nSPS) is 25.2. The Hall–Kier alpha value is -1.31. The summed E-state index contributed by atoms with van der Waals surface area (Å²) < 4.78 is 0. The highest BCUT2D eigenvalue weighted by Gasteiger charge is 2.45. The van der Waals surface area contributed by atoms with E-state index in [1.807, 2.05) is 19.2 Å². The van der Waals surface area contributed by atoms with Gasteiger partial charge in [-0.1, -0.05) is 54.1 Å². The van der Waals surface area contributed by atoms with Crippen molar-refractivity contribution in [1.29, 1.82) is 0 Å². The minimum atomic E-state index is 0.264. The summed E-state index contributed by atoms with van der Waals surface area (Å²) in [6, 6.07) is 19.2. The molecular weight excluding hydrogens is 266 g/mol. The average Bonchev–Trinajstić information content (AvgIpc) is 2.44. The van der Waals surface area contributed by atoms with Gasteiger partial charge in [-0.25, -0.2) is 0 Å². The molecule has 2 heteroatoms. The van der Waals surface area contributed by atoms with Crippen LogP contribution in [-0.2, 0) is 5.41 Å². The van der Waals surface area contributed by atoms with Crippen LogP contribution >= 0.6 is 11.6 Å². The standard InChI is InChI=1S/C18H20ClN/c1-20-13-18(16-7-9-17(19)10-8-16)11-15(12-18)14-5-3-2-4-6-14/h2-10,15,20H,11-13H2,1H3.